The van der Waals surface area contributed by atoms with Crippen molar-refractivity contribution in [3.63, 3.8) is 0 Å². The molecule has 0 unspecified atom stereocenters. The summed E-state index contributed by atoms with van der Waals surface area (Å²) in [5, 5.41) is 3.29. The Bertz CT molecular complexity index is 799. The first-order valence-electron chi connectivity index (χ1n) is 10.3. The van der Waals surface area contributed by atoms with Crippen molar-refractivity contribution < 1.29 is 8.42 Å². The number of piperazine rings is 1. The lowest BCUT2D eigenvalue weighted by Crippen LogP contribution is -2.45. The van der Waals surface area contributed by atoms with Gasteiger partial charge in [-0.25, -0.2) is 8.42 Å². The van der Waals surface area contributed by atoms with E-state index in [1.165, 1.54) is 29.5 Å². The molecule has 7 N–H and O–H groups in total. The molecule has 1 aliphatic rings. The van der Waals surface area contributed by atoms with Crippen LogP contribution in [0.15, 0.2) is 53.4 Å². The molecule has 0 radical (unpaired) electrons. The second-order valence-electron chi connectivity index (χ2n) is 7.10. The third kappa shape index (κ3) is 13.4. The van der Waals surface area contributed by atoms with Crippen molar-refractivity contribution in [2.75, 3.05) is 51.3 Å². The number of hydrogen-bond donors (Lipinski definition) is 4. The smallest absolute Gasteiger partial charge is 0.175 e. The van der Waals surface area contributed by atoms with Gasteiger partial charge in [-0.15, -0.1) is 0 Å². The van der Waals surface area contributed by atoms with E-state index in [1.807, 2.05) is 0 Å². The minimum Gasteiger partial charge on any atom is -0.399 e. The van der Waals surface area contributed by atoms with Gasteiger partial charge in [-0.1, -0.05) is 46.0 Å². The molecule has 0 atom stereocenters. The second kappa shape index (κ2) is 17.6. The fraction of sp³-hybridized carbons (Fsp3) is 0.500. The zero-order valence-electron chi connectivity index (χ0n) is 18.2. The molecule has 0 spiro atoms. The van der Waals surface area contributed by atoms with Crippen LogP contribution in [0.5, 0.6) is 0 Å². The first-order chi connectivity index (χ1) is 14.3. The number of nitrogen functional groups attached to an aromatic ring is 1. The van der Waals surface area contributed by atoms with E-state index in [1.54, 1.807) is 12.1 Å². The Morgan fingerprint density at radius 3 is 2.00 bits per heavy atom. The van der Waals surface area contributed by atoms with Gasteiger partial charge in [-0.05, 0) is 41.8 Å². The molecule has 7 nitrogen and oxygen atoms in total. The molecular formula is C24H45N5O2S. The lowest BCUT2D eigenvalue weighted by molar-refractivity contribution is 0.247. The number of aryl methyl sites for hydroxylation is 1. The van der Waals surface area contributed by atoms with Crippen LogP contribution in [0, 0.1) is 0 Å². The summed E-state index contributed by atoms with van der Waals surface area (Å²) in [5.41, 5.74) is 19.4. The van der Waals surface area contributed by atoms with Crippen molar-refractivity contribution in [3.05, 3.63) is 59.7 Å². The summed E-state index contributed by atoms with van der Waals surface area (Å²) < 4.78 is 21.8. The van der Waals surface area contributed by atoms with E-state index in [4.69, 9.17) is 17.2 Å². The number of anilines is 1. The standard InChI is InChI=1S/C9H13N.C7H9NO2S.C6H15N3.2CH4/c1-2-8-4-3-5-9(6-8)7-10;1-11(9,10)7-4-2-6(8)3-5-7;7-1-4-9-5-2-8-3-6-9;;/h3-6H,2,7,10H2,1H3;2-5H,8H2,1H3;8H,1-7H2;2*1H4. The van der Waals surface area contributed by atoms with E-state index in [0.717, 1.165) is 45.7 Å². The summed E-state index contributed by atoms with van der Waals surface area (Å²) >= 11 is 0. The van der Waals surface area contributed by atoms with E-state index in [-0.39, 0.29) is 14.9 Å². The molecule has 184 valence electrons. The Morgan fingerprint density at radius 1 is 0.969 bits per heavy atom. The monoisotopic (exact) mass is 467 g/mol. The third-order valence-electron chi connectivity index (χ3n) is 4.60. The van der Waals surface area contributed by atoms with Gasteiger partial charge in [0.2, 0.25) is 0 Å². The zero-order chi connectivity index (χ0) is 22.4. The van der Waals surface area contributed by atoms with Crippen molar-refractivity contribution in [1.82, 2.24) is 10.2 Å². The van der Waals surface area contributed by atoms with Gasteiger partial charge in [0.05, 0.1) is 4.90 Å². The summed E-state index contributed by atoms with van der Waals surface area (Å²) in [4.78, 5) is 2.68. The van der Waals surface area contributed by atoms with E-state index in [0.29, 0.717) is 17.1 Å². The predicted octanol–water partition coefficient (Wildman–Crippen LogP) is 2.50. The van der Waals surface area contributed by atoms with E-state index < -0.39 is 9.84 Å². The van der Waals surface area contributed by atoms with Crippen LogP contribution in [0.25, 0.3) is 0 Å². The van der Waals surface area contributed by atoms with Crippen molar-refractivity contribution in [2.24, 2.45) is 11.5 Å². The molecule has 0 amide bonds. The van der Waals surface area contributed by atoms with Gasteiger partial charge >= 0.3 is 0 Å². The van der Waals surface area contributed by atoms with Crippen LogP contribution in [0.1, 0.15) is 32.9 Å². The Hall–Kier alpha value is -1.97. The van der Waals surface area contributed by atoms with Gasteiger partial charge in [0.1, 0.15) is 0 Å². The Balaban J connectivity index is 0. The van der Waals surface area contributed by atoms with Crippen LogP contribution < -0.4 is 22.5 Å². The Labute approximate surface area is 196 Å². The molecule has 3 rings (SSSR count). The minimum absolute atomic E-state index is 0. The molecule has 0 saturated carbocycles. The first-order valence-corrected chi connectivity index (χ1v) is 12.2. The maximum Gasteiger partial charge on any atom is 0.175 e. The number of benzene rings is 2. The molecule has 2 aromatic rings. The number of hydrogen-bond acceptors (Lipinski definition) is 7. The highest BCUT2D eigenvalue weighted by Gasteiger charge is 2.06. The van der Waals surface area contributed by atoms with Crippen LogP contribution in [0.3, 0.4) is 0 Å². The fourth-order valence-electron chi connectivity index (χ4n) is 2.81. The molecule has 1 aliphatic heterocycles. The molecule has 2 aromatic carbocycles. The molecule has 1 fully saturated rings. The maximum atomic E-state index is 10.9. The van der Waals surface area contributed by atoms with Crippen molar-refractivity contribution in [2.45, 2.75) is 39.6 Å². The summed E-state index contributed by atoms with van der Waals surface area (Å²) in [6.45, 7) is 9.22. The lowest BCUT2D eigenvalue weighted by atomic mass is 10.1. The van der Waals surface area contributed by atoms with Crippen molar-refractivity contribution in [1.29, 1.82) is 0 Å². The van der Waals surface area contributed by atoms with E-state index >= 15 is 0 Å². The van der Waals surface area contributed by atoms with Gasteiger partial charge in [0, 0.05) is 57.8 Å². The van der Waals surface area contributed by atoms with Crippen LogP contribution in [-0.2, 0) is 22.8 Å². The largest absolute Gasteiger partial charge is 0.399 e. The third-order valence-corrected chi connectivity index (χ3v) is 5.73. The highest BCUT2D eigenvalue weighted by Crippen LogP contribution is 2.10. The van der Waals surface area contributed by atoms with Crippen molar-refractivity contribution in [3.8, 4) is 0 Å². The Morgan fingerprint density at radius 2 is 1.53 bits per heavy atom. The molecule has 1 saturated heterocycles. The van der Waals surface area contributed by atoms with Crippen LogP contribution in [0.2, 0.25) is 0 Å². The molecular weight excluding hydrogens is 422 g/mol. The first kappa shape index (κ1) is 32.2. The topological polar surface area (TPSA) is 127 Å². The molecule has 0 bridgehead atoms. The lowest BCUT2D eigenvalue weighted by Gasteiger charge is -2.26. The molecule has 0 aliphatic carbocycles. The van der Waals surface area contributed by atoms with Gasteiger partial charge in [0.25, 0.3) is 0 Å². The molecule has 8 heteroatoms. The maximum absolute atomic E-state index is 10.9. The van der Waals surface area contributed by atoms with Gasteiger partial charge in [-0.3, -0.25) is 4.90 Å². The SMILES string of the molecule is C.C.CCc1cccc(CN)c1.CS(=O)(=O)c1ccc(N)cc1.NCCN1CCNCC1. The zero-order valence-corrected chi connectivity index (χ0v) is 19.0. The second-order valence-corrected chi connectivity index (χ2v) is 9.11. The van der Waals surface area contributed by atoms with Crippen LogP contribution in [-0.4, -0.2) is 58.8 Å². The average Bonchev–Trinajstić information content (AvgIpc) is 2.75. The van der Waals surface area contributed by atoms with E-state index in [2.05, 4.69) is 41.4 Å². The number of sulfone groups is 1. The van der Waals surface area contributed by atoms with Crippen LogP contribution in [0.4, 0.5) is 5.69 Å². The highest BCUT2D eigenvalue weighted by molar-refractivity contribution is 7.90. The quantitative estimate of drug-likeness (QED) is 0.497. The number of rotatable bonds is 5. The summed E-state index contributed by atoms with van der Waals surface area (Å²) in [6.07, 6.45) is 2.26. The number of nitrogens with two attached hydrogens (primary N) is 3. The summed E-state index contributed by atoms with van der Waals surface area (Å²) in [5.74, 6) is 0. The van der Waals surface area contributed by atoms with E-state index in [9.17, 15) is 8.42 Å². The molecule has 32 heavy (non-hydrogen) atoms. The minimum atomic E-state index is -3.08. The number of nitrogens with zero attached hydrogens (tertiary/aromatic N) is 1. The fourth-order valence-corrected chi connectivity index (χ4v) is 3.44. The van der Waals surface area contributed by atoms with Crippen LogP contribution >= 0.6 is 0 Å². The normalized spacial score (nSPS) is 13.2. The summed E-state index contributed by atoms with van der Waals surface area (Å²) in [7, 11) is -3.08. The average molecular weight is 468 g/mol. The molecule has 1 heterocycles. The van der Waals surface area contributed by atoms with Gasteiger partial charge in [0.15, 0.2) is 9.84 Å². The highest BCUT2D eigenvalue weighted by atomic mass is 32.2. The van der Waals surface area contributed by atoms with Gasteiger partial charge in [-0.2, -0.15) is 0 Å². The Kier molecular flexibility index (Phi) is 17.7. The van der Waals surface area contributed by atoms with Crippen molar-refractivity contribution >= 4 is 15.5 Å². The number of nitrogens with one attached hydrogen (secondary N) is 1. The summed E-state index contributed by atoms with van der Waals surface area (Å²) in [6, 6.07) is 14.5. The van der Waals surface area contributed by atoms with Gasteiger partial charge < -0.3 is 22.5 Å². The predicted molar refractivity (Wildman–Crippen MR) is 140 cm³/mol. The molecule has 0 aromatic heterocycles.